The van der Waals surface area contributed by atoms with Gasteiger partial charge in [0, 0.05) is 19.8 Å². The molecule has 2 nitrogen and oxygen atoms in total. The summed E-state index contributed by atoms with van der Waals surface area (Å²) in [5, 5.41) is 0. The normalized spacial score (nSPS) is 29.5. The third-order valence-corrected chi connectivity index (χ3v) is 5.51. The Morgan fingerprint density at radius 1 is 1.05 bits per heavy atom. The fraction of sp³-hybridized carbons (Fsp3) is 0.333. The van der Waals surface area contributed by atoms with Gasteiger partial charge in [0.15, 0.2) is 5.60 Å². The Labute approximate surface area is 134 Å². The number of nitrogens with zero attached hydrogens (tertiary/aromatic N) is 1. The molecule has 0 N–H and O–H groups in total. The lowest BCUT2D eigenvalue weighted by molar-refractivity contribution is -0.716. The molecule has 0 aromatic heterocycles. The molecule has 4 rings (SSSR count). The van der Waals surface area contributed by atoms with Gasteiger partial charge in [-0.15, -0.1) is 0 Å². The fourth-order valence-corrected chi connectivity index (χ4v) is 4.44. The Hall–Kier alpha value is -1.51. The quantitative estimate of drug-likeness (QED) is 0.771. The van der Waals surface area contributed by atoms with E-state index in [0.29, 0.717) is 4.31 Å². The van der Waals surface area contributed by atoms with Crippen molar-refractivity contribution in [2.45, 2.75) is 31.3 Å². The van der Waals surface area contributed by atoms with Crippen LogP contribution in [0.4, 0.5) is 0 Å². The van der Waals surface area contributed by atoms with E-state index >= 15 is 0 Å². The van der Waals surface area contributed by atoms with Crippen molar-refractivity contribution < 1.29 is 8.96 Å². The van der Waals surface area contributed by atoms with Crippen LogP contribution in [0, 0.1) is 0 Å². The van der Waals surface area contributed by atoms with E-state index < -0.39 is 5.60 Å². The maximum absolute atomic E-state index is 6.77. The Morgan fingerprint density at radius 3 is 2.14 bits per heavy atom. The van der Waals surface area contributed by atoms with Crippen molar-refractivity contribution in [2.24, 2.45) is 0 Å². The van der Waals surface area contributed by atoms with Crippen LogP contribution in [0.25, 0.3) is 0 Å². The van der Waals surface area contributed by atoms with Crippen LogP contribution < -0.4 is 0 Å². The third-order valence-electron chi connectivity index (χ3n) is 5.51. The standard InChI is InChI=1S/C18H20B2NO/c1-20-21(19)14-8-13-17(21)18(22-20,15-9-4-2-5-10-15)16-11-6-3-7-12-16/h2-7,9-12,17H,8,13-14H2,1H3/q+1/t17-,21+/m1/s1. The van der Waals surface area contributed by atoms with Crippen LogP contribution in [0.3, 0.4) is 0 Å². The summed E-state index contributed by atoms with van der Waals surface area (Å²) in [4.78, 5) is 0. The van der Waals surface area contributed by atoms with Gasteiger partial charge in [-0.2, -0.15) is 0 Å². The van der Waals surface area contributed by atoms with Crippen molar-refractivity contribution in [1.29, 1.82) is 0 Å². The van der Waals surface area contributed by atoms with Crippen LogP contribution in [-0.2, 0) is 10.3 Å². The lowest BCUT2D eigenvalue weighted by Crippen LogP contribution is -2.55. The van der Waals surface area contributed by atoms with E-state index in [1.54, 1.807) is 0 Å². The minimum atomic E-state index is -0.437. The summed E-state index contributed by atoms with van der Waals surface area (Å²) >= 11 is 0. The third kappa shape index (κ3) is 1.77. The first-order valence-electron chi connectivity index (χ1n) is 8.13. The average Bonchev–Trinajstić information content (AvgIpc) is 3.06. The predicted octanol–water partition coefficient (Wildman–Crippen LogP) is 3.14. The molecule has 0 spiro atoms. The van der Waals surface area contributed by atoms with Gasteiger partial charge in [-0.3, -0.25) is 0 Å². The molecule has 2 saturated heterocycles. The molecule has 0 saturated carbocycles. The highest BCUT2D eigenvalue weighted by Crippen LogP contribution is 2.51. The Kier molecular flexibility index (Phi) is 3.21. The second-order valence-corrected chi connectivity index (χ2v) is 6.56. The lowest BCUT2D eigenvalue weighted by Gasteiger charge is -2.39. The molecular formula is C18H20B2NO+. The molecule has 2 atom stereocenters. The van der Waals surface area contributed by atoms with Gasteiger partial charge in [-0.25, -0.2) is 0 Å². The van der Waals surface area contributed by atoms with Crippen molar-refractivity contribution >= 4 is 15.0 Å². The van der Waals surface area contributed by atoms with Crippen LogP contribution in [0.15, 0.2) is 60.7 Å². The van der Waals surface area contributed by atoms with Crippen molar-refractivity contribution in [3.8, 4) is 0 Å². The van der Waals surface area contributed by atoms with Gasteiger partial charge >= 0.3 is 15.0 Å². The number of fused-ring (bicyclic) bond motifs is 1. The summed E-state index contributed by atoms with van der Waals surface area (Å²) in [6, 6.07) is 21.4. The molecular weight excluding hydrogens is 268 g/mol. The highest BCUT2D eigenvalue weighted by Gasteiger charge is 2.65. The van der Waals surface area contributed by atoms with E-state index in [4.69, 9.17) is 12.6 Å². The summed E-state index contributed by atoms with van der Waals surface area (Å²) < 4.78 is 7.17. The molecule has 2 aromatic rings. The Bertz CT molecular complexity index is 624. The van der Waals surface area contributed by atoms with E-state index in [9.17, 15) is 0 Å². The first-order chi connectivity index (χ1) is 10.7. The van der Waals surface area contributed by atoms with Gasteiger partial charge in [-0.1, -0.05) is 60.7 Å². The zero-order chi connectivity index (χ0) is 15.2. The average molecular weight is 288 g/mol. The van der Waals surface area contributed by atoms with Crippen LogP contribution in [0.2, 0.25) is 6.82 Å². The van der Waals surface area contributed by atoms with Crippen molar-refractivity contribution in [1.82, 2.24) is 0 Å². The first-order valence-corrected chi connectivity index (χ1v) is 8.13. The number of hydrogen-bond acceptors (Lipinski definition) is 1. The smallest absolute Gasteiger partial charge is 0.437 e. The van der Waals surface area contributed by atoms with Crippen molar-refractivity contribution in [3.05, 3.63) is 71.8 Å². The monoisotopic (exact) mass is 288 g/mol. The van der Waals surface area contributed by atoms with Crippen molar-refractivity contribution in [3.63, 3.8) is 0 Å². The predicted molar refractivity (Wildman–Crippen MR) is 90.3 cm³/mol. The highest BCUT2D eigenvalue weighted by molar-refractivity contribution is 6.47. The molecule has 0 amide bonds. The molecule has 0 bridgehead atoms. The molecule has 0 aliphatic carbocycles. The molecule has 2 heterocycles. The van der Waals surface area contributed by atoms with E-state index in [2.05, 4.69) is 67.5 Å². The first kappa shape index (κ1) is 14.1. The van der Waals surface area contributed by atoms with Crippen LogP contribution in [0.1, 0.15) is 24.0 Å². The molecule has 108 valence electrons. The maximum atomic E-state index is 6.77. The molecule has 2 fully saturated rings. The molecule has 0 unspecified atom stereocenters. The zero-order valence-electron chi connectivity index (χ0n) is 13.0. The largest absolute Gasteiger partial charge is 0.550 e. The Balaban J connectivity index is 1.95. The molecule has 2 aromatic carbocycles. The second kappa shape index (κ2) is 5.00. The molecule has 4 heteroatoms. The minimum Gasteiger partial charge on any atom is -0.437 e. The van der Waals surface area contributed by atoms with E-state index in [1.165, 1.54) is 11.1 Å². The van der Waals surface area contributed by atoms with Crippen LogP contribution >= 0.6 is 0 Å². The number of hydrogen-bond donors (Lipinski definition) is 0. The number of benzene rings is 2. The van der Waals surface area contributed by atoms with Gasteiger partial charge < -0.3 is 8.96 Å². The zero-order valence-corrected chi connectivity index (χ0v) is 13.0. The highest BCUT2D eigenvalue weighted by atomic mass is 16.5. The topological polar surface area (TPSA) is 9.23 Å². The SMILES string of the molecule is [B][N@+]12CCC[C@@H]1C(c1ccccc1)(c1ccccc1)OB2C. The molecule has 2 aliphatic heterocycles. The van der Waals surface area contributed by atoms with Crippen LogP contribution in [0.5, 0.6) is 0 Å². The summed E-state index contributed by atoms with van der Waals surface area (Å²) in [6.45, 7) is 3.11. The maximum Gasteiger partial charge on any atom is 0.550 e. The summed E-state index contributed by atoms with van der Waals surface area (Å²) in [5.41, 5.74) is 1.99. The van der Waals surface area contributed by atoms with Gasteiger partial charge in [0.05, 0.1) is 6.04 Å². The summed E-state index contributed by atoms with van der Waals surface area (Å²) in [6.07, 6.45) is 2.26. The molecule has 2 radical (unpaired) electrons. The van der Waals surface area contributed by atoms with Gasteiger partial charge in [0.2, 0.25) is 0 Å². The minimum absolute atomic E-state index is 0.00733. The number of quaternary nitrogens is 1. The lowest BCUT2D eigenvalue weighted by atomic mass is 9.75. The molecule has 22 heavy (non-hydrogen) atoms. The fourth-order valence-electron chi connectivity index (χ4n) is 4.44. The van der Waals surface area contributed by atoms with E-state index in [0.717, 1.165) is 19.4 Å². The van der Waals surface area contributed by atoms with E-state index in [1.807, 2.05) is 0 Å². The van der Waals surface area contributed by atoms with Crippen molar-refractivity contribution in [2.75, 3.05) is 6.54 Å². The van der Waals surface area contributed by atoms with Gasteiger partial charge in [0.1, 0.15) is 0 Å². The van der Waals surface area contributed by atoms with Crippen LogP contribution in [-0.4, -0.2) is 31.9 Å². The molecule has 2 aliphatic rings. The summed E-state index contributed by atoms with van der Waals surface area (Å²) in [7, 11) is 6.78. The second-order valence-electron chi connectivity index (χ2n) is 6.56. The number of rotatable bonds is 2. The van der Waals surface area contributed by atoms with E-state index in [-0.39, 0.29) is 13.1 Å². The summed E-state index contributed by atoms with van der Waals surface area (Å²) in [5.74, 6) is 0. The Morgan fingerprint density at radius 2 is 1.59 bits per heavy atom. The van der Waals surface area contributed by atoms with Gasteiger partial charge in [-0.05, 0) is 17.5 Å². The van der Waals surface area contributed by atoms with Gasteiger partial charge in [0.25, 0.3) is 0 Å².